The molecule has 1 aliphatic rings. The van der Waals surface area contributed by atoms with Gasteiger partial charge in [-0.25, -0.2) is 0 Å². The molecule has 0 amide bonds. The van der Waals surface area contributed by atoms with E-state index in [1.165, 1.54) is 67.2 Å². The summed E-state index contributed by atoms with van der Waals surface area (Å²) in [6.07, 6.45) is 23.1. The molecule has 0 aromatic rings. The summed E-state index contributed by atoms with van der Waals surface area (Å²) in [6.45, 7) is 15.8. The maximum Gasteiger partial charge on any atom is 0.306 e. The van der Waals surface area contributed by atoms with Crippen molar-refractivity contribution >= 4 is 5.97 Å². The second-order valence-corrected chi connectivity index (χ2v) is 12.6. The van der Waals surface area contributed by atoms with Gasteiger partial charge in [0.2, 0.25) is 0 Å². The zero-order valence-corrected chi connectivity index (χ0v) is 27.1. The molecule has 1 rings (SSSR count). The number of ether oxygens (including phenoxy) is 1. The molecule has 230 valence electrons. The molecule has 0 bridgehead atoms. The zero-order valence-electron chi connectivity index (χ0n) is 27.1. The maximum absolute atomic E-state index is 10.9. The van der Waals surface area contributed by atoms with Crippen LogP contribution in [0.1, 0.15) is 145 Å². The van der Waals surface area contributed by atoms with Crippen molar-refractivity contribution in [1.29, 1.82) is 0 Å². The highest BCUT2D eigenvalue weighted by Crippen LogP contribution is 2.34. The van der Waals surface area contributed by atoms with E-state index in [4.69, 9.17) is 9.84 Å². The Morgan fingerprint density at radius 2 is 1.60 bits per heavy atom. The largest absolute Gasteiger partial charge is 0.493 e. The number of hydrogen-bond donors (Lipinski definition) is 2. The lowest BCUT2D eigenvalue weighted by Crippen LogP contribution is -2.23. The minimum Gasteiger partial charge on any atom is -0.493 e. The first-order valence-electron chi connectivity index (χ1n) is 16.3. The molecule has 0 aliphatic heterocycles. The highest BCUT2D eigenvalue weighted by Gasteiger charge is 2.26. The second-order valence-electron chi connectivity index (χ2n) is 12.6. The van der Waals surface area contributed by atoms with Crippen LogP contribution in [0.2, 0.25) is 0 Å². The van der Waals surface area contributed by atoms with Crippen LogP contribution >= 0.6 is 0 Å². The summed E-state index contributed by atoms with van der Waals surface area (Å²) in [6, 6.07) is 0. The van der Waals surface area contributed by atoms with Crippen LogP contribution in [0.4, 0.5) is 0 Å². The quantitative estimate of drug-likeness (QED) is 0.102. The van der Waals surface area contributed by atoms with Gasteiger partial charge >= 0.3 is 5.97 Å². The topological polar surface area (TPSA) is 66.8 Å². The van der Waals surface area contributed by atoms with Crippen LogP contribution in [0, 0.1) is 17.8 Å². The van der Waals surface area contributed by atoms with Gasteiger partial charge in [0.1, 0.15) is 5.76 Å². The van der Waals surface area contributed by atoms with E-state index in [0.29, 0.717) is 12.3 Å². The summed E-state index contributed by atoms with van der Waals surface area (Å²) in [7, 11) is 0. The van der Waals surface area contributed by atoms with Gasteiger partial charge in [-0.05, 0) is 102 Å². The van der Waals surface area contributed by atoms with E-state index in [0.717, 1.165) is 57.3 Å². The molecule has 0 saturated heterocycles. The Morgan fingerprint density at radius 3 is 2.30 bits per heavy atom. The molecule has 4 heteroatoms. The molecule has 0 fully saturated rings. The molecule has 0 spiro atoms. The Labute approximate surface area is 247 Å². The van der Waals surface area contributed by atoms with Crippen LogP contribution in [0.25, 0.3) is 0 Å². The Morgan fingerprint density at radius 1 is 0.950 bits per heavy atom. The fourth-order valence-electron chi connectivity index (χ4n) is 5.33. The number of aliphatic hydroxyl groups excluding tert-OH is 1. The number of aliphatic carboxylic acids is 1. The first-order valence-corrected chi connectivity index (χ1v) is 16.3. The van der Waals surface area contributed by atoms with Crippen molar-refractivity contribution in [2.24, 2.45) is 17.8 Å². The van der Waals surface area contributed by atoms with Gasteiger partial charge in [0.25, 0.3) is 0 Å². The molecule has 40 heavy (non-hydrogen) atoms. The molecule has 0 aromatic carbocycles. The van der Waals surface area contributed by atoms with E-state index in [1.54, 1.807) is 6.92 Å². The van der Waals surface area contributed by atoms with Gasteiger partial charge < -0.3 is 14.9 Å². The average molecular weight is 559 g/mol. The summed E-state index contributed by atoms with van der Waals surface area (Å²) >= 11 is 0. The molecular formula is C36H62O4. The number of unbranched alkanes of at least 4 members (excludes halogenated alkanes) is 5. The molecule has 0 saturated carbocycles. The summed E-state index contributed by atoms with van der Waals surface area (Å²) in [5, 5.41) is 19.6. The Kier molecular flexibility index (Phi) is 19.0. The summed E-state index contributed by atoms with van der Waals surface area (Å²) < 4.78 is 6.34. The molecule has 4 nitrogen and oxygen atoms in total. The van der Waals surface area contributed by atoms with Crippen LogP contribution in [0.15, 0.2) is 46.3 Å². The van der Waals surface area contributed by atoms with Crippen molar-refractivity contribution in [3.05, 3.63) is 46.3 Å². The fraction of sp³-hybridized carbons (Fsp3) is 0.750. The summed E-state index contributed by atoms with van der Waals surface area (Å²) in [5.41, 5.74) is 5.23. The van der Waals surface area contributed by atoms with Gasteiger partial charge in [0.15, 0.2) is 0 Å². The highest BCUT2D eigenvalue weighted by atomic mass is 16.5. The van der Waals surface area contributed by atoms with Crippen molar-refractivity contribution in [2.45, 2.75) is 151 Å². The minimum atomic E-state index is -0.706. The monoisotopic (exact) mass is 558 g/mol. The molecule has 1 aliphatic carbocycles. The van der Waals surface area contributed by atoms with Gasteiger partial charge in [0.05, 0.1) is 18.6 Å². The molecule has 0 heterocycles. The number of aliphatic hydroxyl groups is 1. The first-order chi connectivity index (χ1) is 19.1. The van der Waals surface area contributed by atoms with E-state index in [9.17, 15) is 9.90 Å². The van der Waals surface area contributed by atoms with Gasteiger partial charge in [-0.3, -0.25) is 4.79 Å². The zero-order chi connectivity index (χ0) is 29.9. The van der Waals surface area contributed by atoms with Crippen LogP contribution in [0.3, 0.4) is 0 Å². The maximum atomic E-state index is 10.9. The predicted octanol–water partition coefficient (Wildman–Crippen LogP) is 10.3. The molecule has 4 atom stereocenters. The molecule has 0 aromatic heterocycles. The predicted molar refractivity (Wildman–Crippen MR) is 170 cm³/mol. The molecule has 2 N–H and O–H groups in total. The van der Waals surface area contributed by atoms with E-state index in [-0.39, 0.29) is 11.8 Å². The van der Waals surface area contributed by atoms with E-state index >= 15 is 0 Å². The fourth-order valence-corrected chi connectivity index (χ4v) is 5.33. The Bertz CT molecular complexity index is 847. The van der Waals surface area contributed by atoms with Crippen molar-refractivity contribution in [3.63, 3.8) is 0 Å². The van der Waals surface area contributed by atoms with Crippen molar-refractivity contribution in [1.82, 2.24) is 0 Å². The van der Waals surface area contributed by atoms with Crippen LogP contribution in [0.5, 0.6) is 0 Å². The normalized spacial score (nSPS) is 19.9. The van der Waals surface area contributed by atoms with E-state index in [1.807, 2.05) is 0 Å². The van der Waals surface area contributed by atoms with Crippen LogP contribution in [-0.4, -0.2) is 28.9 Å². The number of hydrogen-bond acceptors (Lipinski definition) is 3. The van der Waals surface area contributed by atoms with Crippen molar-refractivity contribution in [3.8, 4) is 0 Å². The lowest BCUT2D eigenvalue weighted by Gasteiger charge is -2.29. The number of rotatable bonds is 22. The van der Waals surface area contributed by atoms with Crippen LogP contribution < -0.4 is 0 Å². The Balaban J connectivity index is 2.39. The third kappa shape index (κ3) is 15.3. The molecule has 4 unspecified atom stereocenters. The summed E-state index contributed by atoms with van der Waals surface area (Å²) in [5.74, 6) is 0.842. The summed E-state index contributed by atoms with van der Waals surface area (Å²) in [4.78, 5) is 10.9. The van der Waals surface area contributed by atoms with Gasteiger partial charge in [-0.2, -0.15) is 0 Å². The van der Waals surface area contributed by atoms with Crippen LogP contribution in [-0.2, 0) is 9.53 Å². The lowest BCUT2D eigenvalue weighted by atomic mass is 9.84. The van der Waals surface area contributed by atoms with E-state index in [2.05, 4.69) is 59.8 Å². The van der Waals surface area contributed by atoms with E-state index < -0.39 is 12.1 Å². The number of carboxylic acid groups (broad SMARTS) is 1. The standard InChI is InChI=1S/C36H62O4/c1-8-9-10-11-12-13-25-40-35-32(7)31(6)34(37)26-33(35)24-23-29(4)20-15-19-27(2)17-14-18-28(3)21-16-22-30(5)36(38)39/h17,21,26,29-31,34,37H,8-16,18-20,22-25H2,1-7H3,(H,38,39). The van der Waals surface area contributed by atoms with Gasteiger partial charge in [-0.1, -0.05) is 89.5 Å². The minimum absolute atomic E-state index is 0.121. The number of carbonyl (C=O) groups is 1. The SMILES string of the molecule is CCCCCCCCOC1=C(C)C(C)C(O)C=C1CCC(C)CCCC(C)=CCCC(C)=CCCC(C)C(=O)O. The molecular weight excluding hydrogens is 496 g/mol. The Hall–Kier alpha value is -1.81. The van der Waals surface area contributed by atoms with Crippen molar-refractivity contribution < 1.29 is 19.7 Å². The van der Waals surface area contributed by atoms with Crippen molar-refractivity contribution in [2.75, 3.05) is 6.61 Å². The number of carboxylic acids is 1. The number of allylic oxidation sites excluding steroid dienone is 5. The lowest BCUT2D eigenvalue weighted by molar-refractivity contribution is -0.141. The average Bonchev–Trinajstić information content (AvgIpc) is 2.91. The third-order valence-electron chi connectivity index (χ3n) is 8.68. The van der Waals surface area contributed by atoms with Gasteiger partial charge in [0, 0.05) is 5.92 Å². The first kappa shape index (κ1) is 36.2. The molecule has 0 radical (unpaired) electrons. The highest BCUT2D eigenvalue weighted by molar-refractivity contribution is 5.69. The third-order valence-corrected chi connectivity index (χ3v) is 8.68. The van der Waals surface area contributed by atoms with Gasteiger partial charge in [-0.15, -0.1) is 0 Å². The smallest absolute Gasteiger partial charge is 0.306 e. The second kappa shape index (κ2) is 21.0.